The molecule has 0 bridgehead atoms. The predicted octanol–water partition coefficient (Wildman–Crippen LogP) is 1.68. The Hall–Kier alpha value is -2.17. The summed E-state index contributed by atoms with van der Waals surface area (Å²) in [5.41, 5.74) is 1.55. The van der Waals surface area contributed by atoms with E-state index < -0.39 is 6.41 Å². The molecule has 2 amide bonds. The van der Waals surface area contributed by atoms with E-state index in [0.29, 0.717) is 28.9 Å². The van der Waals surface area contributed by atoms with Gasteiger partial charge >= 0.3 is 0 Å². The zero-order valence-electron chi connectivity index (χ0n) is 15.4. The molecule has 3 heterocycles. The number of thiophene rings is 1. The summed E-state index contributed by atoms with van der Waals surface area (Å²) in [7, 11) is 0. The smallest absolute Gasteiger partial charge is 0.261 e. The molecule has 0 spiro atoms. The number of carbonyl (C=O) groups is 2. The van der Waals surface area contributed by atoms with Crippen LogP contribution in [0, 0.1) is 0 Å². The first-order valence-corrected chi connectivity index (χ1v) is 10.3. The second kappa shape index (κ2) is 8.68. The Morgan fingerprint density at radius 2 is 2.00 bits per heavy atom. The zero-order valence-corrected chi connectivity index (χ0v) is 17.0. The van der Waals surface area contributed by atoms with E-state index in [9.17, 15) is 14.7 Å². The van der Waals surface area contributed by atoms with Crippen LogP contribution in [0.4, 0.5) is 11.4 Å². The molecule has 2 N–H and O–H groups in total. The molecule has 2 aliphatic heterocycles. The number of rotatable bonds is 5. The Morgan fingerprint density at radius 1 is 1.24 bits per heavy atom. The normalized spacial score (nSPS) is 22.2. The van der Waals surface area contributed by atoms with Gasteiger partial charge < -0.3 is 29.7 Å². The number of morpholine rings is 1. The van der Waals surface area contributed by atoms with Crippen molar-refractivity contribution in [1.29, 1.82) is 0 Å². The lowest BCUT2D eigenvalue weighted by atomic mass is 10.2. The Bertz CT molecular complexity index is 890. The summed E-state index contributed by atoms with van der Waals surface area (Å²) < 4.78 is 11.2. The van der Waals surface area contributed by atoms with Crippen LogP contribution in [0.3, 0.4) is 0 Å². The van der Waals surface area contributed by atoms with E-state index in [1.54, 1.807) is 21.9 Å². The molecule has 0 aliphatic carbocycles. The lowest BCUT2D eigenvalue weighted by Crippen LogP contribution is -2.41. The van der Waals surface area contributed by atoms with Crippen LogP contribution in [0.2, 0.25) is 4.34 Å². The van der Waals surface area contributed by atoms with Gasteiger partial charge in [-0.1, -0.05) is 11.6 Å². The molecular weight excluding hydrogens is 418 g/mol. The van der Waals surface area contributed by atoms with Crippen LogP contribution < -0.4 is 15.1 Å². The number of aliphatic hydroxyl groups is 1. The van der Waals surface area contributed by atoms with Crippen LogP contribution in [0.1, 0.15) is 9.67 Å². The van der Waals surface area contributed by atoms with Crippen molar-refractivity contribution in [3.63, 3.8) is 0 Å². The number of aliphatic hydroxyl groups excluding tert-OH is 1. The molecule has 10 heteroatoms. The van der Waals surface area contributed by atoms with Crippen molar-refractivity contribution in [1.82, 2.24) is 5.32 Å². The molecule has 2 atom stereocenters. The second-order valence-electron chi connectivity index (χ2n) is 6.66. The summed E-state index contributed by atoms with van der Waals surface area (Å²) >= 11 is 7.06. The summed E-state index contributed by atoms with van der Waals surface area (Å²) in [4.78, 5) is 28.0. The molecule has 4 rings (SSSR count). The molecule has 2 fully saturated rings. The van der Waals surface area contributed by atoms with E-state index in [0.717, 1.165) is 11.4 Å². The predicted molar refractivity (Wildman–Crippen MR) is 110 cm³/mol. The molecular formula is C19H20ClN3O5S. The number of ether oxygens (including phenoxy) is 2. The third-order valence-corrected chi connectivity index (χ3v) is 5.98. The Kier molecular flexibility index (Phi) is 6.02. The molecule has 154 valence electrons. The van der Waals surface area contributed by atoms with Gasteiger partial charge in [-0.15, -0.1) is 11.3 Å². The average molecular weight is 438 g/mol. The zero-order chi connectivity index (χ0) is 20.4. The fraction of sp³-hybridized carbons (Fsp3) is 0.368. The third-order valence-electron chi connectivity index (χ3n) is 4.75. The molecule has 2 unspecified atom stereocenters. The highest BCUT2D eigenvalue weighted by Gasteiger charge is 2.32. The summed E-state index contributed by atoms with van der Waals surface area (Å²) in [6.45, 7) is 1.80. The topological polar surface area (TPSA) is 91.3 Å². The van der Waals surface area contributed by atoms with Crippen molar-refractivity contribution in [3.05, 3.63) is 45.6 Å². The van der Waals surface area contributed by atoms with Crippen molar-refractivity contribution >= 4 is 46.1 Å². The van der Waals surface area contributed by atoms with Gasteiger partial charge in [-0.3, -0.25) is 9.59 Å². The number of halogens is 1. The Morgan fingerprint density at radius 3 is 2.69 bits per heavy atom. The lowest BCUT2D eigenvalue weighted by Gasteiger charge is -2.27. The maximum absolute atomic E-state index is 12.1. The fourth-order valence-electron chi connectivity index (χ4n) is 3.29. The molecule has 1 aromatic heterocycles. The monoisotopic (exact) mass is 437 g/mol. The van der Waals surface area contributed by atoms with Crippen molar-refractivity contribution < 1.29 is 24.2 Å². The molecule has 8 nitrogen and oxygen atoms in total. The summed E-state index contributed by atoms with van der Waals surface area (Å²) in [5, 5.41) is 13.1. The SMILES string of the molecule is O=C(NCC1CN(c2ccc(N3CCOCC3=O)cc2)C(O)O1)c1ccc(Cl)s1. The van der Waals surface area contributed by atoms with E-state index >= 15 is 0 Å². The van der Waals surface area contributed by atoms with Crippen LogP contribution in [-0.2, 0) is 14.3 Å². The minimum Gasteiger partial charge on any atom is -0.370 e. The van der Waals surface area contributed by atoms with Gasteiger partial charge in [-0.25, -0.2) is 0 Å². The van der Waals surface area contributed by atoms with E-state index in [-0.39, 0.29) is 31.1 Å². The van der Waals surface area contributed by atoms with E-state index in [1.807, 2.05) is 24.3 Å². The van der Waals surface area contributed by atoms with Crippen molar-refractivity contribution in [3.8, 4) is 0 Å². The highest BCUT2D eigenvalue weighted by Crippen LogP contribution is 2.27. The standard InChI is InChI=1S/C19H20ClN3O5S/c20-16-6-5-15(29-16)18(25)21-9-14-10-23(19(26)28-14)13-3-1-12(2-4-13)22-7-8-27-11-17(22)24/h1-6,14,19,26H,7-11H2,(H,21,25). The van der Waals surface area contributed by atoms with Crippen LogP contribution in [0.5, 0.6) is 0 Å². The van der Waals surface area contributed by atoms with Crippen LogP contribution in [-0.4, -0.2) is 62.3 Å². The number of anilines is 2. The second-order valence-corrected chi connectivity index (χ2v) is 8.38. The number of hydrogen-bond acceptors (Lipinski definition) is 7. The molecule has 1 aromatic carbocycles. The maximum atomic E-state index is 12.1. The van der Waals surface area contributed by atoms with E-state index in [1.165, 1.54) is 11.3 Å². The number of amides is 2. The van der Waals surface area contributed by atoms with Gasteiger partial charge in [0.25, 0.3) is 11.8 Å². The summed E-state index contributed by atoms with van der Waals surface area (Å²) in [6.07, 6.45) is -1.46. The highest BCUT2D eigenvalue weighted by atomic mass is 35.5. The number of carbonyl (C=O) groups excluding carboxylic acids is 2. The molecule has 0 radical (unpaired) electrons. The van der Waals surface area contributed by atoms with Gasteiger partial charge in [-0.2, -0.15) is 0 Å². The molecule has 29 heavy (non-hydrogen) atoms. The number of hydrogen-bond donors (Lipinski definition) is 2. The van der Waals surface area contributed by atoms with Gasteiger partial charge in [-0.05, 0) is 36.4 Å². The lowest BCUT2D eigenvalue weighted by molar-refractivity contribution is -0.125. The third kappa shape index (κ3) is 4.54. The number of nitrogens with one attached hydrogen (secondary N) is 1. The first-order chi connectivity index (χ1) is 14.0. The van der Waals surface area contributed by atoms with Gasteiger partial charge in [0.2, 0.25) is 6.41 Å². The highest BCUT2D eigenvalue weighted by molar-refractivity contribution is 7.17. The van der Waals surface area contributed by atoms with Crippen molar-refractivity contribution in [2.75, 3.05) is 42.6 Å². The minimum absolute atomic E-state index is 0.0728. The van der Waals surface area contributed by atoms with E-state index in [2.05, 4.69) is 5.32 Å². The first-order valence-electron chi connectivity index (χ1n) is 9.13. The van der Waals surface area contributed by atoms with Gasteiger partial charge in [0.05, 0.1) is 28.5 Å². The van der Waals surface area contributed by atoms with Gasteiger partial charge in [0, 0.05) is 24.5 Å². The average Bonchev–Trinajstić information content (AvgIpc) is 3.32. The minimum atomic E-state index is -1.11. The fourth-order valence-corrected chi connectivity index (χ4v) is 4.25. The van der Waals surface area contributed by atoms with Crippen molar-refractivity contribution in [2.24, 2.45) is 0 Å². The maximum Gasteiger partial charge on any atom is 0.261 e. The molecule has 2 saturated heterocycles. The Balaban J connectivity index is 1.34. The van der Waals surface area contributed by atoms with Crippen molar-refractivity contribution in [2.45, 2.75) is 12.5 Å². The summed E-state index contributed by atoms with van der Waals surface area (Å²) in [6, 6.07) is 10.7. The van der Waals surface area contributed by atoms with Crippen LogP contribution in [0.25, 0.3) is 0 Å². The largest absolute Gasteiger partial charge is 0.370 e. The molecule has 2 aliphatic rings. The first kappa shape index (κ1) is 20.1. The van der Waals surface area contributed by atoms with Crippen LogP contribution >= 0.6 is 22.9 Å². The van der Waals surface area contributed by atoms with Crippen LogP contribution in [0.15, 0.2) is 36.4 Å². The van der Waals surface area contributed by atoms with Gasteiger partial charge in [0.15, 0.2) is 0 Å². The van der Waals surface area contributed by atoms with E-state index in [4.69, 9.17) is 21.1 Å². The Labute approximate surface area is 176 Å². The summed E-state index contributed by atoms with van der Waals surface area (Å²) in [5.74, 6) is -0.297. The quantitative estimate of drug-likeness (QED) is 0.739. The number of nitrogens with zero attached hydrogens (tertiary/aromatic N) is 2. The number of benzene rings is 1. The van der Waals surface area contributed by atoms with Gasteiger partial charge in [0.1, 0.15) is 6.61 Å². The molecule has 2 aromatic rings. The molecule has 0 saturated carbocycles.